The molecule has 7 heteroatoms. The van der Waals surface area contributed by atoms with E-state index in [9.17, 15) is 19.2 Å². The molecule has 1 saturated heterocycles. The third kappa shape index (κ3) is 3.45. The maximum Gasteiger partial charge on any atom is 0.345 e. The molecule has 1 aliphatic rings. The van der Waals surface area contributed by atoms with E-state index >= 15 is 0 Å². The van der Waals surface area contributed by atoms with Gasteiger partial charge in [-0.05, 0) is 48.5 Å². The number of ether oxygens (including phenoxy) is 2. The van der Waals surface area contributed by atoms with E-state index in [1.54, 1.807) is 41.5 Å². The average Bonchev–Trinajstić information content (AvgIpc) is 2.18. The van der Waals surface area contributed by atoms with Gasteiger partial charge in [-0.25, -0.2) is 9.59 Å². The van der Waals surface area contributed by atoms with Crippen molar-refractivity contribution in [2.24, 2.45) is 5.92 Å². The van der Waals surface area contributed by atoms with Crippen LogP contribution in [-0.4, -0.2) is 40.4 Å². The molecule has 0 saturated carbocycles. The van der Waals surface area contributed by atoms with Crippen LogP contribution in [0.25, 0.3) is 0 Å². The van der Waals surface area contributed by atoms with Crippen molar-refractivity contribution in [3.05, 3.63) is 0 Å². The van der Waals surface area contributed by atoms with Crippen LogP contribution in [0.4, 0.5) is 0 Å². The van der Waals surface area contributed by atoms with Gasteiger partial charge in [0.05, 0.1) is 0 Å². The van der Waals surface area contributed by atoms with E-state index in [0.29, 0.717) is 0 Å². The second-order valence-corrected chi connectivity index (χ2v) is 7.34. The molecule has 0 spiro atoms. The van der Waals surface area contributed by atoms with E-state index < -0.39 is 46.3 Å². The first kappa shape index (κ1) is 18.1. The van der Waals surface area contributed by atoms with E-state index in [0.717, 1.165) is 6.92 Å². The van der Waals surface area contributed by atoms with Crippen molar-refractivity contribution in [2.75, 3.05) is 0 Å². The van der Waals surface area contributed by atoms with Gasteiger partial charge in [-0.1, -0.05) is 0 Å². The fraction of sp³-hybridized carbons (Fsp3) is 0.733. The molecular weight excluding hydrogens is 290 g/mol. The normalized spacial score (nSPS) is 20.5. The van der Waals surface area contributed by atoms with Gasteiger partial charge in [-0.2, -0.15) is 0 Å². The van der Waals surface area contributed by atoms with Crippen LogP contribution in [0.15, 0.2) is 0 Å². The number of β-lactam (4-membered cyclic amide) rings is 1. The summed E-state index contributed by atoms with van der Waals surface area (Å²) >= 11 is 0. The number of carbonyl (C=O) groups is 4. The topological polar surface area (TPSA) is 98.8 Å². The Labute approximate surface area is 129 Å². The van der Waals surface area contributed by atoms with Crippen molar-refractivity contribution in [1.82, 2.24) is 5.32 Å². The summed E-state index contributed by atoms with van der Waals surface area (Å²) in [4.78, 5) is 48.3. The van der Waals surface area contributed by atoms with Gasteiger partial charge in [0, 0.05) is 0 Å². The molecule has 1 atom stereocenters. The standard InChI is InChI=1S/C15H23NO6/c1-8(17)9-10(18)16-15(9,11(19)21-13(2,3)4)12(20)22-14(5,6)7/h9H,1-7H3,(H,16,18). The van der Waals surface area contributed by atoms with Crippen molar-refractivity contribution in [2.45, 2.75) is 65.2 Å². The molecule has 1 fully saturated rings. The number of nitrogens with one attached hydrogen (secondary N) is 1. The van der Waals surface area contributed by atoms with Gasteiger partial charge in [0.25, 0.3) is 5.54 Å². The van der Waals surface area contributed by atoms with Crippen LogP contribution in [0.5, 0.6) is 0 Å². The fourth-order valence-corrected chi connectivity index (χ4v) is 2.09. The maximum absolute atomic E-state index is 12.5. The number of esters is 2. The summed E-state index contributed by atoms with van der Waals surface area (Å²) in [5.74, 6) is -4.70. The Kier molecular flexibility index (Phi) is 4.43. The highest BCUT2D eigenvalue weighted by Crippen LogP contribution is 2.34. The summed E-state index contributed by atoms with van der Waals surface area (Å²) in [6, 6.07) is 0. The van der Waals surface area contributed by atoms with Gasteiger partial charge in [-0.3, -0.25) is 9.59 Å². The van der Waals surface area contributed by atoms with Gasteiger partial charge >= 0.3 is 11.9 Å². The number of amides is 1. The molecule has 0 aromatic carbocycles. The summed E-state index contributed by atoms with van der Waals surface area (Å²) in [6.07, 6.45) is 0. The zero-order chi connectivity index (χ0) is 17.5. The Morgan fingerprint density at radius 1 is 0.955 bits per heavy atom. The van der Waals surface area contributed by atoms with E-state index in [2.05, 4.69) is 5.32 Å². The Bertz CT molecular complexity index is 487. The molecule has 1 amide bonds. The van der Waals surface area contributed by atoms with Crippen LogP contribution in [0.3, 0.4) is 0 Å². The molecule has 0 bridgehead atoms. The largest absolute Gasteiger partial charge is 0.458 e. The SMILES string of the molecule is CC(=O)C1C(=O)NC1(C(=O)OC(C)(C)C)C(=O)OC(C)(C)C. The molecule has 0 aliphatic carbocycles. The molecular formula is C15H23NO6. The molecule has 1 N–H and O–H groups in total. The highest BCUT2D eigenvalue weighted by atomic mass is 16.6. The van der Waals surface area contributed by atoms with Gasteiger partial charge < -0.3 is 14.8 Å². The third-order valence-corrected chi connectivity index (χ3v) is 2.86. The second-order valence-electron chi connectivity index (χ2n) is 7.34. The fourth-order valence-electron chi connectivity index (χ4n) is 2.09. The summed E-state index contributed by atoms with van der Waals surface area (Å²) in [5, 5.41) is 2.22. The average molecular weight is 313 g/mol. The second kappa shape index (κ2) is 5.37. The lowest BCUT2D eigenvalue weighted by Crippen LogP contribution is -2.79. The third-order valence-electron chi connectivity index (χ3n) is 2.86. The number of hydrogen-bond donors (Lipinski definition) is 1. The number of Topliss-reactive ketones (excluding diaryl/α,β-unsaturated/α-hetero) is 1. The lowest BCUT2D eigenvalue weighted by molar-refractivity contribution is -0.194. The number of ketones is 1. The molecule has 7 nitrogen and oxygen atoms in total. The summed E-state index contributed by atoms with van der Waals surface area (Å²) in [7, 11) is 0. The first-order chi connectivity index (χ1) is 9.70. The van der Waals surface area contributed by atoms with Crippen molar-refractivity contribution in [3.8, 4) is 0 Å². The van der Waals surface area contributed by atoms with Gasteiger partial charge in [0.2, 0.25) is 5.91 Å². The highest BCUT2D eigenvalue weighted by molar-refractivity contribution is 6.24. The maximum atomic E-state index is 12.5. The quantitative estimate of drug-likeness (QED) is 0.469. The van der Waals surface area contributed by atoms with Crippen LogP contribution in [-0.2, 0) is 28.7 Å². The van der Waals surface area contributed by atoms with Crippen LogP contribution < -0.4 is 5.32 Å². The first-order valence-corrected chi connectivity index (χ1v) is 7.00. The monoisotopic (exact) mass is 313 g/mol. The summed E-state index contributed by atoms with van der Waals surface area (Å²) < 4.78 is 10.4. The molecule has 0 aromatic heterocycles. The lowest BCUT2D eigenvalue weighted by atomic mass is 9.73. The Morgan fingerprint density at radius 2 is 1.32 bits per heavy atom. The number of hydrogen-bond acceptors (Lipinski definition) is 6. The minimum Gasteiger partial charge on any atom is -0.458 e. The number of carbonyl (C=O) groups excluding carboxylic acids is 4. The molecule has 22 heavy (non-hydrogen) atoms. The Hall–Kier alpha value is -1.92. The van der Waals surface area contributed by atoms with Crippen LogP contribution in [0.2, 0.25) is 0 Å². The molecule has 0 radical (unpaired) electrons. The molecule has 124 valence electrons. The van der Waals surface area contributed by atoms with Crippen LogP contribution >= 0.6 is 0 Å². The van der Waals surface area contributed by atoms with Gasteiger partial charge in [0.15, 0.2) is 0 Å². The van der Waals surface area contributed by atoms with Crippen molar-refractivity contribution < 1.29 is 28.7 Å². The molecule has 0 aromatic rings. The minimum atomic E-state index is -2.11. The van der Waals surface area contributed by atoms with E-state index in [1.165, 1.54) is 0 Å². The van der Waals surface area contributed by atoms with Crippen molar-refractivity contribution in [3.63, 3.8) is 0 Å². The van der Waals surface area contributed by atoms with Crippen molar-refractivity contribution in [1.29, 1.82) is 0 Å². The van der Waals surface area contributed by atoms with Crippen LogP contribution in [0.1, 0.15) is 48.5 Å². The molecule has 1 aliphatic heterocycles. The predicted octanol–water partition coefficient (Wildman–Crippen LogP) is 0.744. The van der Waals surface area contributed by atoms with Gasteiger partial charge in [0.1, 0.15) is 22.9 Å². The van der Waals surface area contributed by atoms with Crippen LogP contribution in [0, 0.1) is 5.92 Å². The smallest absolute Gasteiger partial charge is 0.345 e. The van der Waals surface area contributed by atoms with Crippen molar-refractivity contribution >= 4 is 23.6 Å². The van der Waals surface area contributed by atoms with E-state index in [1.807, 2.05) is 0 Å². The summed E-state index contributed by atoms with van der Waals surface area (Å²) in [5.41, 5.74) is -3.87. The predicted molar refractivity (Wildman–Crippen MR) is 76.7 cm³/mol. The zero-order valence-electron chi connectivity index (χ0n) is 14.0. The Morgan fingerprint density at radius 3 is 1.55 bits per heavy atom. The Balaban J connectivity index is 3.23. The van der Waals surface area contributed by atoms with E-state index in [-0.39, 0.29) is 0 Å². The highest BCUT2D eigenvalue weighted by Gasteiger charge is 2.69. The lowest BCUT2D eigenvalue weighted by Gasteiger charge is -2.45. The minimum absolute atomic E-state index is 0.597. The number of rotatable bonds is 3. The molecule has 1 rings (SSSR count). The van der Waals surface area contributed by atoms with E-state index in [4.69, 9.17) is 9.47 Å². The summed E-state index contributed by atoms with van der Waals surface area (Å²) in [6.45, 7) is 10.9. The molecule has 1 unspecified atom stereocenters. The van der Waals surface area contributed by atoms with Gasteiger partial charge in [-0.15, -0.1) is 0 Å². The molecule has 1 heterocycles. The first-order valence-electron chi connectivity index (χ1n) is 7.00. The zero-order valence-corrected chi connectivity index (χ0v) is 14.0.